The molecule has 1 amide bonds. The maximum absolute atomic E-state index is 12.6. The molecule has 1 aliphatic heterocycles. The number of carbonyl (C=O) groups excluding carboxylic acids is 2. The van der Waals surface area contributed by atoms with Gasteiger partial charge in [0.05, 0.1) is 0 Å². The molecule has 2 aromatic heterocycles. The third-order valence-corrected chi connectivity index (χ3v) is 4.36. The number of pyridine rings is 2. The minimum absolute atomic E-state index is 0.153. The first-order chi connectivity index (χ1) is 13.3. The van der Waals surface area contributed by atoms with E-state index in [-0.39, 0.29) is 11.9 Å². The topological polar surface area (TPSA) is 75.6 Å². The molecule has 148 valence electrons. The van der Waals surface area contributed by atoms with Gasteiger partial charge in [-0.2, -0.15) is 0 Å². The lowest BCUT2D eigenvalue weighted by Gasteiger charge is -2.26. The Bertz CT molecular complexity index is 833. The van der Waals surface area contributed by atoms with E-state index in [4.69, 9.17) is 4.74 Å². The maximum atomic E-state index is 12.6. The zero-order chi connectivity index (χ0) is 20.1. The highest BCUT2D eigenvalue weighted by Crippen LogP contribution is 2.18. The Morgan fingerprint density at radius 2 is 1.86 bits per heavy atom. The zero-order valence-corrected chi connectivity index (χ0v) is 16.6. The Morgan fingerprint density at radius 3 is 2.57 bits per heavy atom. The largest absolute Gasteiger partial charge is 0.444 e. The van der Waals surface area contributed by atoms with Gasteiger partial charge >= 0.3 is 6.09 Å². The number of carbonyl (C=O) groups is 2. The van der Waals surface area contributed by atoms with Crippen molar-refractivity contribution in [2.45, 2.75) is 32.8 Å². The Morgan fingerprint density at radius 1 is 1.04 bits per heavy atom. The second-order valence-corrected chi connectivity index (χ2v) is 7.76. The van der Waals surface area contributed by atoms with Crippen LogP contribution in [-0.4, -0.2) is 58.5 Å². The predicted molar refractivity (Wildman–Crippen MR) is 107 cm³/mol. The molecule has 28 heavy (non-hydrogen) atoms. The van der Waals surface area contributed by atoms with Crippen LogP contribution in [0.2, 0.25) is 0 Å². The Hall–Kier alpha value is -2.96. The van der Waals surface area contributed by atoms with Crippen LogP contribution in [0.25, 0.3) is 0 Å². The van der Waals surface area contributed by atoms with Gasteiger partial charge in [0.1, 0.15) is 17.1 Å². The lowest BCUT2D eigenvalue weighted by atomic mass is 10.1. The number of ether oxygens (including phenoxy) is 1. The van der Waals surface area contributed by atoms with Gasteiger partial charge in [0, 0.05) is 44.1 Å². The summed E-state index contributed by atoms with van der Waals surface area (Å²) in [4.78, 5) is 37.4. The molecule has 1 saturated heterocycles. The number of anilines is 1. The first-order valence-electron chi connectivity index (χ1n) is 9.48. The van der Waals surface area contributed by atoms with E-state index in [2.05, 4.69) is 14.9 Å². The van der Waals surface area contributed by atoms with Crippen molar-refractivity contribution < 1.29 is 14.3 Å². The fraction of sp³-hybridized carbons (Fsp3) is 0.429. The van der Waals surface area contributed by atoms with Gasteiger partial charge in [-0.3, -0.25) is 9.78 Å². The number of hydrogen-bond acceptors (Lipinski definition) is 6. The molecule has 1 aliphatic rings. The highest BCUT2D eigenvalue weighted by Gasteiger charge is 2.25. The molecular weight excluding hydrogens is 356 g/mol. The number of aromatic nitrogens is 2. The maximum Gasteiger partial charge on any atom is 0.410 e. The fourth-order valence-electron chi connectivity index (χ4n) is 3.03. The molecule has 1 fully saturated rings. The minimum atomic E-state index is -0.508. The molecule has 0 unspecified atom stereocenters. The number of nitrogens with zero attached hydrogens (tertiary/aromatic N) is 4. The van der Waals surface area contributed by atoms with Gasteiger partial charge < -0.3 is 14.5 Å². The van der Waals surface area contributed by atoms with E-state index in [0.717, 1.165) is 18.8 Å². The SMILES string of the molecule is CC(C)(C)OC(=O)N1CCCN(c2cccc(C(=O)c3cccnc3)n2)CC1. The van der Waals surface area contributed by atoms with Crippen LogP contribution in [0.15, 0.2) is 42.7 Å². The standard InChI is InChI=1S/C21H26N4O3/c1-21(2,3)28-20(27)25-12-6-11-24(13-14-25)18-9-4-8-17(23-18)19(26)16-7-5-10-22-15-16/h4-5,7-10,15H,6,11-14H2,1-3H3. The first kappa shape index (κ1) is 19.8. The molecule has 7 heteroatoms. The fourth-order valence-corrected chi connectivity index (χ4v) is 3.03. The van der Waals surface area contributed by atoms with Crippen LogP contribution < -0.4 is 4.90 Å². The molecule has 2 aromatic rings. The van der Waals surface area contributed by atoms with Crippen molar-refractivity contribution in [2.24, 2.45) is 0 Å². The third kappa shape index (κ3) is 5.06. The van der Waals surface area contributed by atoms with Crippen molar-refractivity contribution in [1.29, 1.82) is 0 Å². The van der Waals surface area contributed by atoms with E-state index in [1.54, 1.807) is 35.5 Å². The summed E-state index contributed by atoms with van der Waals surface area (Å²) in [7, 11) is 0. The van der Waals surface area contributed by atoms with Crippen molar-refractivity contribution in [1.82, 2.24) is 14.9 Å². The van der Waals surface area contributed by atoms with E-state index in [0.29, 0.717) is 30.9 Å². The van der Waals surface area contributed by atoms with Crippen LogP contribution in [0.3, 0.4) is 0 Å². The summed E-state index contributed by atoms with van der Waals surface area (Å²) < 4.78 is 5.48. The van der Waals surface area contributed by atoms with Gasteiger partial charge in [-0.05, 0) is 51.5 Å². The summed E-state index contributed by atoms with van der Waals surface area (Å²) in [5.41, 5.74) is 0.392. The predicted octanol–water partition coefficient (Wildman–Crippen LogP) is 3.15. The van der Waals surface area contributed by atoms with E-state index in [1.807, 2.05) is 32.9 Å². The summed E-state index contributed by atoms with van der Waals surface area (Å²) >= 11 is 0. The lowest BCUT2D eigenvalue weighted by molar-refractivity contribution is 0.0263. The quantitative estimate of drug-likeness (QED) is 0.759. The number of ketones is 1. The molecule has 0 bridgehead atoms. The molecule has 0 saturated carbocycles. The van der Waals surface area contributed by atoms with Crippen molar-refractivity contribution in [3.05, 3.63) is 54.0 Å². The summed E-state index contributed by atoms with van der Waals surface area (Å²) in [5.74, 6) is 0.584. The molecular formula is C21H26N4O3. The van der Waals surface area contributed by atoms with Gasteiger partial charge in [-0.25, -0.2) is 9.78 Å². The van der Waals surface area contributed by atoms with Crippen LogP contribution in [0, 0.1) is 0 Å². The molecule has 0 aliphatic carbocycles. The number of amides is 1. The lowest BCUT2D eigenvalue weighted by Crippen LogP contribution is -2.39. The second-order valence-electron chi connectivity index (χ2n) is 7.76. The van der Waals surface area contributed by atoms with E-state index >= 15 is 0 Å². The van der Waals surface area contributed by atoms with Gasteiger partial charge in [-0.1, -0.05) is 6.07 Å². The monoisotopic (exact) mass is 382 g/mol. The summed E-state index contributed by atoms with van der Waals surface area (Å²) in [6.07, 6.45) is 3.69. The highest BCUT2D eigenvalue weighted by atomic mass is 16.6. The molecule has 0 spiro atoms. The van der Waals surface area contributed by atoms with Crippen molar-refractivity contribution >= 4 is 17.7 Å². The number of rotatable bonds is 3. The van der Waals surface area contributed by atoms with E-state index in [9.17, 15) is 9.59 Å². The van der Waals surface area contributed by atoms with Crippen molar-refractivity contribution in [3.8, 4) is 0 Å². The van der Waals surface area contributed by atoms with Crippen molar-refractivity contribution in [3.63, 3.8) is 0 Å². The van der Waals surface area contributed by atoms with Crippen LogP contribution >= 0.6 is 0 Å². The van der Waals surface area contributed by atoms with Gasteiger partial charge in [0.2, 0.25) is 5.78 Å². The van der Waals surface area contributed by atoms with Gasteiger partial charge in [-0.15, -0.1) is 0 Å². The smallest absolute Gasteiger partial charge is 0.410 e. The number of hydrogen-bond donors (Lipinski definition) is 0. The Kier molecular flexibility index (Phi) is 5.92. The average Bonchev–Trinajstić information content (AvgIpc) is 2.93. The first-order valence-corrected chi connectivity index (χ1v) is 9.48. The Labute approximate surface area is 165 Å². The molecule has 3 rings (SSSR count). The summed E-state index contributed by atoms with van der Waals surface area (Å²) in [6, 6.07) is 8.90. The zero-order valence-electron chi connectivity index (χ0n) is 16.6. The van der Waals surface area contributed by atoms with Crippen LogP contribution in [0.1, 0.15) is 43.2 Å². The summed E-state index contributed by atoms with van der Waals surface area (Å²) in [5, 5.41) is 0. The van der Waals surface area contributed by atoms with E-state index < -0.39 is 5.60 Å². The van der Waals surface area contributed by atoms with Gasteiger partial charge in [0.15, 0.2) is 0 Å². The van der Waals surface area contributed by atoms with Crippen LogP contribution in [0.5, 0.6) is 0 Å². The normalized spacial score (nSPS) is 15.1. The molecule has 0 aromatic carbocycles. The second kappa shape index (κ2) is 8.37. The van der Waals surface area contributed by atoms with Crippen molar-refractivity contribution in [2.75, 3.05) is 31.1 Å². The third-order valence-electron chi connectivity index (χ3n) is 4.36. The average molecular weight is 382 g/mol. The van der Waals surface area contributed by atoms with Crippen LogP contribution in [-0.2, 0) is 4.74 Å². The van der Waals surface area contributed by atoms with E-state index in [1.165, 1.54) is 0 Å². The molecule has 0 radical (unpaired) electrons. The molecule has 0 N–H and O–H groups in total. The van der Waals surface area contributed by atoms with Gasteiger partial charge in [0.25, 0.3) is 0 Å². The minimum Gasteiger partial charge on any atom is -0.444 e. The molecule has 3 heterocycles. The molecule has 7 nitrogen and oxygen atoms in total. The Balaban J connectivity index is 1.69. The highest BCUT2D eigenvalue weighted by molar-refractivity contribution is 6.07. The molecule has 0 atom stereocenters. The van der Waals surface area contributed by atoms with Crippen LogP contribution in [0.4, 0.5) is 10.6 Å². The summed E-state index contributed by atoms with van der Waals surface area (Å²) in [6.45, 7) is 8.18.